The number of hydrogen-bond donors (Lipinski definition) is 2. The van der Waals surface area contributed by atoms with Crippen molar-refractivity contribution >= 4 is 11.7 Å². The van der Waals surface area contributed by atoms with E-state index in [1.54, 1.807) is 24.3 Å². The number of hydrogen-bond acceptors (Lipinski definition) is 2. The van der Waals surface area contributed by atoms with E-state index in [1.165, 1.54) is 0 Å². The Balaban J connectivity index is 0.00000121. The number of carboxylic acid groups (broad SMARTS) is 1. The minimum absolute atomic E-state index is 0. The number of aliphatic carboxylic acids is 1. The summed E-state index contributed by atoms with van der Waals surface area (Å²) in [6.45, 7) is 0. The first-order valence-electron chi connectivity index (χ1n) is 3.25. The molecule has 0 unspecified atom stereocenters. The Hall–Kier alpha value is -0.575. The van der Waals surface area contributed by atoms with Crippen molar-refractivity contribution in [1.82, 2.24) is 0 Å². The summed E-state index contributed by atoms with van der Waals surface area (Å²) in [6, 6.07) is 6.96. The van der Waals surface area contributed by atoms with Gasteiger partial charge in [0.1, 0.15) is 0 Å². The predicted octanol–water partition coefficient (Wildman–Crippen LogP) is 0.893. The molecule has 0 saturated heterocycles. The summed E-state index contributed by atoms with van der Waals surface area (Å²) in [5, 5.41) is 8.44. The van der Waals surface area contributed by atoms with Gasteiger partial charge in [-0.1, -0.05) is 18.2 Å². The average Bonchev–Trinajstić information content (AvgIpc) is 1.93. The normalized spacial score (nSPS) is 8.67. The Bertz CT molecular complexity index is 276. The first kappa shape index (κ1) is 11.4. The zero-order valence-electron chi connectivity index (χ0n) is 6.66. The summed E-state index contributed by atoms with van der Waals surface area (Å²) in [5.74, 6) is -0.858. The molecule has 0 aliphatic carbocycles. The van der Waals surface area contributed by atoms with Gasteiger partial charge in [-0.25, -0.2) is 0 Å². The average molecular weight is 352 g/mol. The maximum absolute atomic E-state index is 10.3. The van der Waals surface area contributed by atoms with Gasteiger partial charge in [-0.15, -0.1) is 0 Å². The van der Waals surface area contributed by atoms with Gasteiger partial charge in [-0.2, -0.15) is 0 Å². The molecule has 0 atom stereocenters. The van der Waals surface area contributed by atoms with E-state index in [4.69, 9.17) is 10.8 Å². The van der Waals surface area contributed by atoms with Crippen molar-refractivity contribution in [1.29, 1.82) is 0 Å². The fourth-order valence-electron chi connectivity index (χ4n) is 0.858. The van der Waals surface area contributed by atoms with Gasteiger partial charge in [0.15, 0.2) is 0 Å². The van der Waals surface area contributed by atoms with Gasteiger partial charge in [0.25, 0.3) is 0 Å². The predicted molar refractivity (Wildman–Crippen MR) is 42.2 cm³/mol. The minimum Gasteiger partial charge on any atom is -0.481 e. The number of anilines is 1. The third-order valence-electron chi connectivity index (χ3n) is 1.40. The van der Waals surface area contributed by atoms with Crippen molar-refractivity contribution in [2.75, 3.05) is 5.73 Å². The molecule has 0 amide bonds. The van der Waals surface area contributed by atoms with E-state index in [9.17, 15) is 4.79 Å². The van der Waals surface area contributed by atoms with Gasteiger partial charge in [0, 0.05) is 33.4 Å². The largest absolute Gasteiger partial charge is 0.481 e. The molecule has 12 heavy (non-hydrogen) atoms. The molecule has 1 aromatic rings. The number of nitrogen functional groups attached to an aromatic ring is 1. The third-order valence-corrected chi connectivity index (χ3v) is 1.40. The quantitative estimate of drug-likeness (QED) is 0.614. The van der Waals surface area contributed by atoms with Crippen molar-refractivity contribution in [2.45, 2.75) is 6.42 Å². The van der Waals surface area contributed by atoms with Crippen LogP contribution in [0.25, 0.3) is 0 Å². The maximum atomic E-state index is 10.3. The van der Waals surface area contributed by atoms with Gasteiger partial charge >= 0.3 is 5.97 Å². The minimum atomic E-state index is -0.858. The van der Waals surface area contributed by atoms with Crippen molar-refractivity contribution in [3.63, 3.8) is 0 Å². The molecule has 60 valence electrons. The van der Waals surface area contributed by atoms with Gasteiger partial charge in [-0.3, -0.25) is 4.79 Å². The summed E-state index contributed by atoms with van der Waals surface area (Å²) < 4.78 is 0. The molecular weight excluding hydrogens is 343 g/mol. The van der Waals surface area contributed by atoms with Crippen molar-refractivity contribution in [3.8, 4) is 0 Å². The molecule has 0 aliphatic rings. The summed E-state index contributed by atoms with van der Waals surface area (Å²) in [4.78, 5) is 10.3. The smallest absolute Gasteiger partial charge is 0.307 e. The maximum Gasteiger partial charge on any atom is 0.307 e. The molecule has 1 rings (SSSR count). The third kappa shape index (κ3) is 3.22. The van der Waals surface area contributed by atoms with E-state index in [1.807, 2.05) is 0 Å². The first-order valence-corrected chi connectivity index (χ1v) is 3.25. The summed E-state index contributed by atoms with van der Waals surface area (Å²) in [6.07, 6.45) is -0.00727. The molecular formula is C8H9HgNO2. The summed E-state index contributed by atoms with van der Waals surface area (Å²) in [7, 11) is 0. The Morgan fingerprint density at radius 2 is 2.00 bits per heavy atom. The summed E-state index contributed by atoms with van der Waals surface area (Å²) >= 11 is 0. The molecule has 0 fully saturated rings. The number of benzene rings is 1. The van der Waals surface area contributed by atoms with E-state index in [0.29, 0.717) is 11.3 Å². The molecule has 3 nitrogen and oxygen atoms in total. The van der Waals surface area contributed by atoms with Crippen LogP contribution in [0, 0.1) is 0 Å². The molecule has 0 aliphatic heterocycles. The fourth-order valence-corrected chi connectivity index (χ4v) is 0.858. The van der Waals surface area contributed by atoms with Crippen LogP contribution in [0.4, 0.5) is 5.69 Å². The Morgan fingerprint density at radius 1 is 1.42 bits per heavy atom. The van der Waals surface area contributed by atoms with Crippen LogP contribution in [0.5, 0.6) is 0 Å². The molecule has 0 saturated carbocycles. The van der Waals surface area contributed by atoms with Crippen molar-refractivity contribution in [3.05, 3.63) is 29.8 Å². The topological polar surface area (TPSA) is 63.3 Å². The molecule has 0 heterocycles. The van der Waals surface area contributed by atoms with Crippen LogP contribution in [0.3, 0.4) is 0 Å². The van der Waals surface area contributed by atoms with E-state index in [2.05, 4.69) is 0 Å². The molecule has 0 aromatic heterocycles. The van der Waals surface area contributed by atoms with E-state index < -0.39 is 5.97 Å². The second-order valence-electron chi connectivity index (χ2n) is 2.27. The molecule has 4 heteroatoms. The molecule has 0 bridgehead atoms. The number of carbonyl (C=O) groups is 1. The van der Waals surface area contributed by atoms with Crippen LogP contribution in [-0.2, 0) is 38.9 Å². The van der Waals surface area contributed by atoms with Crippen LogP contribution < -0.4 is 5.73 Å². The van der Waals surface area contributed by atoms with Gasteiger partial charge < -0.3 is 10.8 Å². The fraction of sp³-hybridized carbons (Fsp3) is 0.125. The van der Waals surface area contributed by atoms with Gasteiger partial charge in [0.05, 0.1) is 6.42 Å². The van der Waals surface area contributed by atoms with E-state index in [-0.39, 0.29) is 34.1 Å². The van der Waals surface area contributed by atoms with Crippen LogP contribution in [0.15, 0.2) is 24.3 Å². The Morgan fingerprint density at radius 3 is 2.50 bits per heavy atom. The molecule has 3 N–H and O–H groups in total. The standard InChI is InChI=1S/C8H9NO2.Hg/c9-7-4-2-1-3-6(7)5-8(10)11;/h1-4H,5,9H2,(H,10,11);. The van der Waals surface area contributed by atoms with E-state index in [0.717, 1.165) is 0 Å². The van der Waals surface area contributed by atoms with Crippen LogP contribution in [0.1, 0.15) is 5.56 Å². The number of rotatable bonds is 2. The number of para-hydroxylation sites is 1. The first-order chi connectivity index (χ1) is 5.20. The van der Waals surface area contributed by atoms with Crippen LogP contribution >= 0.6 is 0 Å². The molecule has 1 aromatic carbocycles. The zero-order valence-corrected chi connectivity index (χ0v) is 12.2. The van der Waals surface area contributed by atoms with Gasteiger partial charge in [0.2, 0.25) is 0 Å². The number of nitrogens with two attached hydrogens (primary N) is 1. The summed E-state index contributed by atoms with van der Waals surface area (Å²) in [5.41, 5.74) is 6.71. The van der Waals surface area contributed by atoms with Crippen LogP contribution in [-0.4, -0.2) is 11.1 Å². The van der Waals surface area contributed by atoms with E-state index >= 15 is 0 Å². The second-order valence-corrected chi connectivity index (χ2v) is 2.27. The monoisotopic (exact) mass is 353 g/mol. The SMILES string of the molecule is Nc1ccccc1CC(=O)O.[Hg]. The van der Waals surface area contributed by atoms with Crippen molar-refractivity contribution in [2.24, 2.45) is 0 Å². The molecule has 0 radical (unpaired) electrons. The van der Waals surface area contributed by atoms with Gasteiger partial charge in [-0.05, 0) is 11.6 Å². The molecule has 0 spiro atoms. The Labute approximate surface area is 91.1 Å². The van der Waals surface area contributed by atoms with Crippen LogP contribution in [0.2, 0.25) is 0 Å². The Kier molecular flexibility index (Phi) is 4.89. The number of carboxylic acids is 1. The zero-order chi connectivity index (χ0) is 8.27. The van der Waals surface area contributed by atoms with Crippen molar-refractivity contribution < 1.29 is 37.6 Å². The second kappa shape index (κ2) is 5.14.